The van der Waals surface area contributed by atoms with Crippen molar-refractivity contribution >= 4 is 40.3 Å². The molecule has 0 aliphatic rings. The summed E-state index contributed by atoms with van der Waals surface area (Å²) in [5.41, 5.74) is 1.41. The molecular formula is C15H21ClN4O3S. The lowest BCUT2D eigenvalue weighted by Gasteiger charge is -2.04. The normalized spacial score (nSPS) is 12.8. The van der Waals surface area contributed by atoms with Crippen molar-refractivity contribution in [3.8, 4) is 0 Å². The Morgan fingerprint density at radius 3 is 2.50 bits per heavy atom. The maximum atomic E-state index is 11.1. The highest BCUT2D eigenvalue weighted by atomic mass is 35.5. The van der Waals surface area contributed by atoms with Gasteiger partial charge in [0.25, 0.3) is 5.89 Å². The molecule has 1 aromatic carbocycles. The molecule has 0 aliphatic heterocycles. The number of halogens is 1. The van der Waals surface area contributed by atoms with E-state index in [1.54, 1.807) is 30.3 Å². The number of nitrogens with one attached hydrogen (secondary N) is 2. The largest absolute Gasteiger partial charge is 0.335 e. The zero-order chi connectivity index (χ0) is 16.9. The van der Waals surface area contributed by atoms with E-state index >= 15 is 0 Å². The van der Waals surface area contributed by atoms with Crippen molar-refractivity contribution in [2.75, 3.05) is 18.0 Å². The van der Waals surface area contributed by atoms with Crippen molar-refractivity contribution in [2.45, 2.75) is 19.4 Å². The summed E-state index contributed by atoms with van der Waals surface area (Å²) < 4.78 is 29.8. The van der Waals surface area contributed by atoms with Crippen LogP contribution in [0.3, 0.4) is 0 Å². The van der Waals surface area contributed by atoms with Gasteiger partial charge < -0.3 is 9.84 Å². The Kier molecular flexibility index (Phi) is 7.40. The number of anilines is 1. The molecule has 0 spiro atoms. The van der Waals surface area contributed by atoms with E-state index in [0.717, 1.165) is 11.8 Å². The van der Waals surface area contributed by atoms with E-state index in [2.05, 4.69) is 20.2 Å². The summed E-state index contributed by atoms with van der Waals surface area (Å²) >= 11 is 0. The van der Waals surface area contributed by atoms with Gasteiger partial charge in [0.15, 0.2) is 5.82 Å². The lowest BCUT2D eigenvalue weighted by molar-refractivity contribution is 0.400. The summed E-state index contributed by atoms with van der Waals surface area (Å²) in [6.45, 7) is 2.04. The standard InChI is InChI=1S/C15H20N4O3S.ClH/c1-11(16-2)10-14-17-15(22-18-14)9-6-12-4-7-13(8-5-12)19-23(3,20)21;/h4-9,11,16,19H,10H2,1-3H3;1H/b9-6+;. The second kappa shape index (κ2) is 8.81. The number of nitrogens with zero attached hydrogens (tertiary/aromatic N) is 2. The van der Waals surface area contributed by atoms with Gasteiger partial charge in [-0.05, 0) is 37.7 Å². The molecule has 0 saturated heterocycles. The molecule has 1 unspecified atom stereocenters. The van der Waals surface area contributed by atoms with Gasteiger partial charge in [-0.15, -0.1) is 12.4 Å². The van der Waals surface area contributed by atoms with Crippen LogP contribution in [0.5, 0.6) is 0 Å². The lowest BCUT2D eigenvalue weighted by atomic mass is 10.2. The fourth-order valence-electron chi connectivity index (χ4n) is 1.84. The maximum Gasteiger partial charge on any atom is 0.250 e. The lowest BCUT2D eigenvalue weighted by Crippen LogP contribution is -2.24. The van der Waals surface area contributed by atoms with Crippen molar-refractivity contribution < 1.29 is 12.9 Å². The van der Waals surface area contributed by atoms with Crippen LogP contribution in [0.2, 0.25) is 0 Å². The van der Waals surface area contributed by atoms with Crippen LogP contribution in [-0.4, -0.2) is 37.9 Å². The van der Waals surface area contributed by atoms with Gasteiger partial charge in [-0.25, -0.2) is 8.42 Å². The van der Waals surface area contributed by atoms with E-state index in [4.69, 9.17) is 4.52 Å². The fraction of sp³-hybridized carbons (Fsp3) is 0.333. The first kappa shape index (κ1) is 20.1. The molecule has 9 heteroatoms. The summed E-state index contributed by atoms with van der Waals surface area (Å²) in [6, 6.07) is 7.25. The van der Waals surface area contributed by atoms with E-state index in [-0.39, 0.29) is 18.4 Å². The molecule has 0 amide bonds. The minimum Gasteiger partial charge on any atom is -0.335 e. The molecule has 1 atom stereocenters. The second-order valence-electron chi connectivity index (χ2n) is 5.27. The summed E-state index contributed by atoms with van der Waals surface area (Å²) in [5.74, 6) is 1.08. The molecule has 1 heterocycles. The number of hydrogen-bond donors (Lipinski definition) is 2. The number of aromatic nitrogens is 2. The van der Waals surface area contributed by atoms with E-state index in [9.17, 15) is 8.42 Å². The Labute approximate surface area is 148 Å². The van der Waals surface area contributed by atoms with Crippen LogP contribution in [0.25, 0.3) is 12.2 Å². The third-order valence-corrected chi connectivity index (χ3v) is 3.70. The highest BCUT2D eigenvalue weighted by Crippen LogP contribution is 2.13. The molecule has 132 valence electrons. The molecule has 0 saturated carbocycles. The summed E-state index contributed by atoms with van der Waals surface area (Å²) in [5, 5.41) is 7.03. The van der Waals surface area contributed by atoms with Crippen LogP contribution in [0, 0.1) is 0 Å². The minimum atomic E-state index is -3.26. The van der Waals surface area contributed by atoms with E-state index in [1.165, 1.54) is 0 Å². The van der Waals surface area contributed by atoms with Crippen LogP contribution >= 0.6 is 12.4 Å². The Morgan fingerprint density at radius 1 is 1.25 bits per heavy atom. The Morgan fingerprint density at radius 2 is 1.92 bits per heavy atom. The maximum absolute atomic E-state index is 11.1. The van der Waals surface area contributed by atoms with Gasteiger partial charge in [-0.3, -0.25) is 4.72 Å². The van der Waals surface area contributed by atoms with Crippen molar-refractivity contribution in [2.24, 2.45) is 0 Å². The predicted octanol–water partition coefficient (Wildman–Crippen LogP) is 2.18. The number of likely N-dealkylation sites (N-methyl/N-ethyl adjacent to an activating group) is 1. The van der Waals surface area contributed by atoms with E-state index in [0.29, 0.717) is 23.8 Å². The average Bonchev–Trinajstić information content (AvgIpc) is 2.92. The first-order chi connectivity index (χ1) is 10.9. The van der Waals surface area contributed by atoms with Crippen LogP contribution in [0.4, 0.5) is 5.69 Å². The molecule has 7 nitrogen and oxygen atoms in total. The minimum absolute atomic E-state index is 0. The van der Waals surface area contributed by atoms with E-state index in [1.807, 2.05) is 20.0 Å². The van der Waals surface area contributed by atoms with Gasteiger partial charge >= 0.3 is 0 Å². The molecule has 2 N–H and O–H groups in total. The zero-order valence-electron chi connectivity index (χ0n) is 13.7. The van der Waals surface area contributed by atoms with Gasteiger partial charge in [0, 0.05) is 24.2 Å². The van der Waals surface area contributed by atoms with Crippen molar-refractivity contribution in [1.82, 2.24) is 15.5 Å². The third-order valence-electron chi connectivity index (χ3n) is 3.10. The SMILES string of the molecule is CNC(C)Cc1noc(/C=C/c2ccc(NS(C)(=O)=O)cc2)n1.Cl. The highest BCUT2D eigenvalue weighted by Gasteiger charge is 2.07. The van der Waals surface area contributed by atoms with Gasteiger partial charge in [0.2, 0.25) is 10.0 Å². The molecule has 2 aromatic rings. The third kappa shape index (κ3) is 6.69. The number of hydrogen-bond acceptors (Lipinski definition) is 6. The molecule has 0 aliphatic carbocycles. The Hall–Kier alpha value is -1.90. The van der Waals surface area contributed by atoms with Crippen molar-refractivity contribution in [1.29, 1.82) is 0 Å². The van der Waals surface area contributed by atoms with E-state index < -0.39 is 10.0 Å². The molecule has 0 radical (unpaired) electrons. The topological polar surface area (TPSA) is 97.1 Å². The first-order valence-electron chi connectivity index (χ1n) is 7.11. The highest BCUT2D eigenvalue weighted by molar-refractivity contribution is 7.92. The Balaban J connectivity index is 0.00000288. The molecule has 0 bridgehead atoms. The van der Waals surface area contributed by atoms with Crippen LogP contribution < -0.4 is 10.0 Å². The molecule has 2 rings (SSSR count). The number of rotatable bonds is 7. The molecule has 24 heavy (non-hydrogen) atoms. The summed E-state index contributed by atoms with van der Waals surface area (Å²) in [4.78, 5) is 4.28. The fourth-order valence-corrected chi connectivity index (χ4v) is 2.40. The van der Waals surface area contributed by atoms with Crippen molar-refractivity contribution in [3.63, 3.8) is 0 Å². The van der Waals surface area contributed by atoms with Gasteiger partial charge in [0.1, 0.15) is 0 Å². The monoisotopic (exact) mass is 372 g/mol. The Bertz CT molecular complexity index is 772. The number of sulfonamides is 1. The molecule has 1 aromatic heterocycles. The van der Waals surface area contributed by atoms with Crippen LogP contribution in [-0.2, 0) is 16.4 Å². The van der Waals surface area contributed by atoms with Crippen molar-refractivity contribution in [3.05, 3.63) is 41.5 Å². The van der Waals surface area contributed by atoms with Gasteiger partial charge in [-0.2, -0.15) is 4.98 Å². The quantitative estimate of drug-likeness (QED) is 0.773. The van der Waals surface area contributed by atoms with Gasteiger partial charge in [0.05, 0.1) is 6.26 Å². The first-order valence-corrected chi connectivity index (χ1v) is 9.00. The van der Waals surface area contributed by atoms with Crippen LogP contribution in [0.15, 0.2) is 28.8 Å². The average molecular weight is 373 g/mol. The smallest absolute Gasteiger partial charge is 0.250 e. The molecule has 0 fully saturated rings. The predicted molar refractivity (Wildman–Crippen MR) is 97.6 cm³/mol. The van der Waals surface area contributed by atoms with Gasteiger partial charge in [-0.1, -0.05) is 17.3 Å². The summed E-state index contributed by atoms with van der Waals surface area (Å²) in [6.07, 6.45) is 5.35. The summed E-state index contributed by atoms with van der Waals surface area (Å²) in [7, 11) is -1.38. The number of benzene rings is 1. The zero-order valence-corrected chi connectivity index (χ0v) is 15.3. The molecular weight excluding hydrogens is 352 g/mol. The van der Waals surface area contributed by atoms with Crippen LogP contribution in [0.1, 0.15) is 24.2 Å². The second-order valence-corrected chi connectivity index (χ2v) is 7.02.